The van der Waals surface area contributed by atoms with Gasteiger partial charge in [0, 0.05) is 45.9 Å². The van der Waals surface area contributed by atoms with Crippen molar-refractivity contribution in [1.29, 1.82) is 0 Å². The van der Waals surface area contributed by atoms with Gasteiger partial charge in [-0.3, -0.25) is 19.2 Å². The highest BCUT2D eigenvalue weighted by Crippen LogP contribution is 2.23. The van der Waals surface area contributed by atoms with E-state index in [2.05, 4.69) is 10.6 Å². The average Bonchev–Trinajstić information content (AvgIpc) is 2.87. The molecule has 0 radical (unpaired) electrons. The lowest BCUT2D eigenvalue weighted by Crippen LogP contribution is -2.52. The van der Waals surface area contributed by atoms with E-state index >= 15 is 0 Å². The molecule has 0 spiro atoms. The first-order valence-corrected chi connectivity index (χ1v) is 12.4. The molecule has 3 unspecified atom stereocenters. The van der Waals surface area contributed by atoms with Crippen molar-refractivity contribution in [3.8, 4) is 0 Å². The number of benzene rings is 2. The standard InChI is InChI=1S/C27H34N4O4/c1-18(32)31-13-6-5-9-24(31)27(35)28-17-23(21-11-10-19-7-3-4-8-20(19)15-21)29-26(34)22-12-14-30(2)25(33)16-22/h3-4,7-8,10-11,15,22-24H,5-6,9,12-14,16-17H2,1-2H3,(H,28,35)(H,29,34). The van der Waals surface area contributed by atoms with Crippen LogP contribution in [0.4, 0.5) is 0 Å². The minimum absolute atomic E-state index is 0.0337. The number of nitrogens with one attached hydrogen (secondary N) is 2. The molecule has 2 N–H and O–H groups in total. The Morgan fingerprint density at radius 2 is 1.77 bits per heavy atom. The lowest BCUT2D eigenvalue weighted by Gasteiger charge is -2.34. The van der Waals surface area contributed by atoms with Crippen LogP contribution >= 0.6 is 0 Å². The van der Waals surface area contributed by atoms with Crippen LogP contribution in [0.3, 0.4) is 0 Å². The normalized spacial score (nSPS) is 21.5. The van der Waals surface area contributed by atoms with Gasteiger partial charge in [0.15, 0.2) is 0 Å². The molecule has 4 rings (SSSR count). The highest BCUT2D eigenvalue weighted by molar-refractivity contribution is 5.89. The fourth-order valence-electron chi connectivity index (χ4n) is 5.03. The molecule has 2 aromatic rings. The molecule has 2 aliphatic rings. The van der Waals surface area contributed by atoms with E-state index in [9.17, 15) is 19.2 Å². The Bertz CT molecular complexity index is 1120. The third-order valence-electron chi connectivity index (χ3n) is 7.21. The lowest BCUT2D eigenvalue weighted by molar-refractivity contribution is -0.141. The van der Waals surface area contributed by atoms with Crippen LogP contribution in [0.15, 0.2) is 42.5 Å². The summed E-state index contributed by atoms with van der Waals surface area (Å²) in [5.41, 5.74) is 0.878. The van der Waals surface area contributed by atoms with Crippen molar-refractivity contribution in [3.63, 3.8) is 0 Å². The van der Waals surface area contributed by atoms with E-state index in [-0.39, 0.29) is 42.5 Å². The van der Waals surface area contributed by atoms with Crippen molar-refractivity contribution in [2.24, 2.45) is 5.92 Å². The van der Waals surface area contributed by atoms with Crippen LogP contribution in [0.1, 0.15) is 50.6 Å². The number of hydrogen-bond acceptors (Lipinski definition) is 4. The molecule has 2 heterocycles. The zero-order valence-electron chi connectivity index (χ0n) is 20.5. The zero-order valence-corrected chi connectivity index (χ0v) is 20.5. The van der Waals surface area contributed by atoms with Crippen LogP contribution in [0.5, 0.6) is 0 Å². The Morgan fingerprint density at radius 3 is 2.51 bits per heavy atom. The lowest BCUT2D eigenvalue weighted by atomic mass is 9.94. The van der Waals surface area contributed by atoms with Crippen molar-refractivity contribution in [2.75, 3.05) is 26.7 Å². The SMILES string of the molecule is CC(=O)N1CCCCC1C(=O)NCC(NC(=O)C1CCN(C)C(=O)C1)c1ccc2ccccc2c1. The summed E-state index contributed by atoms with van der Waals surface area (Å²) in [6.07, 6.45) is 3.23. The number of hydrogen-bond donors (Lipinski definition) is 2. The molecule has 3 atom stereocenters. The van der Waals surface area contributed by atoms with Gasteiger partial charge >= 0.3 is 0 Å². The molecule has 8 heteroatoms. The first kappa shape index (κ1) is 24.7. The van der Waals surface area contributed by atoms with E-state index in [1.165, 1.54) is 6.92 Å². The highest BCUT2D eigenvalue weighted by atomic mass is 16.2. The van der Waals surface area contributed by atoms with Crippen molar-refractivity contribution in [1.82, 2.24) is 20.4 Å². The predicted octanol–water partition coefficient (Wildman–Crippen LogP) is 2.38. The molecular formula is C27H34N4O4. The minimum atomic E-state index is -0.485. The van der Waals surface area contributed by atoms with E-state index in [0.717, 1.165) is 29.2 Å². The van der Waals surface area contributed by atoms with Crippen LogP contribution in [-0.4, -0.2) is 66.2 Å². The van der Waals surface area contributed by atoms with Crippen molar-refractivity contribution in [3.05, 3.63) is 48.0 Å². The summed E-state index contributed by atoms with van der Waals surface area (Å²) in [5.74, 6) is -0.898. The molecule has 0 saturated carbocycles. The monoisotopic (exact) mass is 478 g/mol. The quantitative estimate of drug-likeness (QED) is 0.666. The molecule has 2 fully saturated rings. The first-order chi connectivity index (χ1) is 16.8. The molecule has 0 bridgehead atoms. The molecule has 35 heavy (non-hydrogen) atoms. The van der Waals surface area contributed by atoms with E-state index < -0.39 is 12.1 Å². The number of piperidine rings is 2. The second-order valence-corrected chi connectivity index (χ2v) is 9.64. The fraction of sp³-hybridized carbons (Fsp3) is 0.481. The predicted molar refractivity (Wildman–Crippen MR) is 133 cm³/mol. The fourth-order valence-corrected chi connectivity index (χ4v) is 5.03. The van der Waals surface area contributed by atoms with Crippen LogP contribution in [0.25, 0.3) is 10.8 Å². The third-order valence-corrected chi connectivity index (χ3v) is 7.21. The molecular weight excluding hydrogens is 444 g/mol. The molecule has 2 saturated heterocycles. The number of nitrogens with zero attached hydrogens (tertiary/aromatic N) is 2. The minimum Gasteiger partial charge on any atom is -0.352 e. The molecule has 4 amide bonds. The number of carbonyl (C=O) groups is 4. The number of fused-ring (bicyclic) bond motifs is 1. The van der Waals surface area contributed by atoms with E-state index in [4.69, 9.17) is 0 Å². The molecule has 0 aromatic heterocycles. The van der Waals surface area contributed by atoms with Crippen molar-refractivity contribution < 1.29 is 19.2 Å². The number of carbonyl (C=O) groups excluding carboxylic acids is 4. The second-order valence-electron chi connectivity index (χ2n) is 9.64. The molecule has 0 aliphatic carbocycles. The first-order valence-electron chi connectivity index (χ1n) is 12.4. The summed E-state index contributed by atoms with van der Waals surface area (Å²) in [4.78, 5) is 53.6. The molecule has 8 nitrogen and oxygen atoms in total. The van der Waals surface area contributed by atoms with Gasteiger partial charge in [-0.1, -0.05) is 36.4 Å². The van der Waals surface area contributed by atoms with E-state index in [0.29, 0.717) is 25.9 Å². The maximum absolute atomic E-state index is 13.1. The van der Waals surface area contributed by atoms with Gasteiger partial charge in [0.2, 0.25) is 23.6 Å². The van der Waals surface area contributed by atoms with Crippen LogP contribution < -0.4 is 10.6 Å². The maximum Gasteiger partial charge on any atom is 0.242 e. The molecule has 186 valence electrons. The topological polar surface area (TPSA) is 98.8 Å². The zero-order chi connectivity index (χ0) is 24.9. The summed E-state index contributed by atoms with van der Waals surface area (Å²) < 4.78 is 0. The molecule has 2 aromatic carbocycles. The van der Waals surface area contributed by atoms with Gasteiger partial charge in [-0.05, 0) is 48.1 Å². The summed E-state index contributed by atoms with van der Waals surface area (Å²) in [5, 5.41) is 8.21. The number of likely N-dealkylation sites (tertiary alicyclic amines) is 2. The summed E-state index contributed by atoms with van der Waals surface area (Å²) in [7, 11) is 1.75. The largest absolute Gasteiger partial charge is 0.352 e. The average molecular weight is 479 g/mol. The Hall–Kier alpha value is -3.42. The van der Waals surface area contributed by atoms with Crippen molar-refractivity contribution >= 4 is 34.4 Å². The maximum atomic E-state index is 13.1. The van der Waals surface area contributed by atoms with Gasteiger partial charge in [0.1, 0.15) is 6.04 Å². The smallest absolute Gasteiger partial charge is 0.242 e. The van der Waals surface area contributed by atoms with E-state index in [1.807, 2.05) is 42.5 Å². The van der Waals surface area contributed by atoms with Gasteiger partial charge in [-0.2, -0.15) is 0 Å². The van der Waals surface area contributed by atoms with Crippen molar-refractivity contribution in [2.45, 2.75) is 51.1 Å². The third kappa shape index (κ3) is 5.81. The van der Waals surface area contributed by atoms with Crippen LogP contribution in [-0.2, 0) is 19.2 Å². The highest BCUT2D eigenvalue weighted by Gasteiger charge is 2.32. The number of amides is 4. The Kier molecular flexibility index (Phi) is 7.68. The van der Waals surface area contributed by atoms with E-state index in [1.54, 1.807) is 16.8 Å². The Labute approximate surface area is 206 Å². The van der Waals surface area contributed by atoms with Gasteiger partial charge < -0.3 is 20.4 Å². The van der Waals surface area contributed by atoms with Gasteiger partial charge in [0.05, 0.1) is 6.04 Å². The Balaban J connectivity index is 1.51. The van der Waals surface area contributed by atoms with Crippen LogP contribution in [0, 0.1) is 5.92 Å². The Morgan fingerprint density at radius 1 is 1.00 bits per heavy atom. The van der Waals surface area contributed by atoms with Gasteiger partial charge in [-0.25, -0.2) is 0 Å². The summed E-state index contributed by atoms with van der Waals surface area (Å²) in [6.45, 7) is 2.83. The van der Waals surface area contributed by atoms with Crippen LogP contribution in [0.2, 0.25) is 0 Å². The second kappa shape index (κ2) is 10.9. The summed E-state index contributed by atoms with van der Waals surface area (Å²) in [6, 6.07) is 13.0. The summed E-state index contributed by atoms with van der Waals surface area (Å²) >= 11 is 0. The van der Waals surface area contributed by atoms with Gasteiger partial charge in [0.25, 0.3) is 0 Å². The number of rotatable bonds is 6. The van der Waals surface area contributed by atoms with Gasteiger partial charge in [-0.15, -0.1) is 0 Å². The molecule has 2 aliphatic heterocycles.